The number of ether oxygens (including phenoxy) is 7. The number of aromatic hydroxyl groups is 4. The summed E-state index contributed by atoms with van der Waals surface area (Å²) in [4.78, 5) is 0. The van der Waals surface area contributed by atoms with Crippen LogP contribution in [0.5, 0.6) is 34.5 Å². The summed E-state index contributed by atoms with van der Waals surface area (Å²) >= 11 is 0. The van der Waals surface area contributed by atoms with Crippen molar-refractivity contribution >= 4 is 6.08 Å². The topological polar surface area (TPSA) is 250 Å². The lowest BCUT2D eigenvalue weighted by atomic mass is 9.97. The van der Waals surface area contributed by atoms with Crippen molar-refractivity contribution in [3.05, 3.63) is 41.2 Å². The molecule has 44 heavy (non-hydrogen) atoms. The van der Waals surface area contributed by atoms with Crippen LogP contribution in [0.4, 0.5) is 0 Å². The number of aliphatic hydroxyl groups is 7. The second-order valence-electron chi connectivity index (χ2n) is 10.4. The fourth-order valence-electron chi connectivity index (χ4n) is 5.18. The highest BCUT2D eigenvalue weighted by Gasteiger charge is 2.51. The molecule has 3 heterocycles. The Bertz CT molecular complexity index is 1340. The summed E-state index contributed by atoms with van der Waals surface area (Å²) in [6, 6.07) is 5.28. The number of hydrogen-bond donors (Lipinski definition) is 9. The minimum atomic E-state index is -1.78. The van der Waals surface area contributed by atoms with Crippen LogP contribution in [0.1, 0.15) is 17.2 Å². The highest BCUT2D eigenvalue weighted by Crippen LogP contribution is 2.48. The van der Waals surface area contributed by atoms with Gasteiger partial charge in [0.05, 0.1) is 39.1 Å². The maximum atomic E-state index is 11.0. The summed E-state index contributed by atoms with van der Waals surface area (Å²) in [5.74, 6) is -0.731. The van der Waals surface area contributed by atoms with E-state index in [4.69, 9.17) is 28.4 Å². The summed E-state index contributed by atoms with van der Waals surface area (Å²) in [7, 11) is 2.65. The molecule has 0 amide bonds. The predicted octanol–water partition coefficient (Wildman–Crippen LogP) is -1.56. The van der Waals surface area contributed by atoms with Gasteiger partial charge in [-0.25, -0.2) is 0 Å². The van der Waals surface area contributed by atoms with E-state index < -0.39 is 74.6 Å². The lowest BCUT2D eigenvalue weighted by Gasteiger charge is -2.45. The van der Waals surface area contributed by atoms with Crippen LogP contribution in [0.3, 0.4) is 0 Å². The zero-order valence-corrected chi connectivity index (χ0v) is 23.5. The van der Waals surface area contributed by atoms with Gasteiger partial charge < -0.3 is 79.1 Å². The van der Waals surface area contributed by atoms with E-state index in [0.717, 1.165) is 6.07 Å². The van der Waals surface area contributed by atoms with Crippen LogP contribution in [0.2, 0.25) is 0 Å². The number of aliphatic hydroxyl groups excluding tert-OH is 6. The summed E-state index contributed by atoms with van der Waals surface area (Å²) in [6.45, 7) is -1.15. The Balaban J connectivity index is 1.55. The van der Waals surface area contributed by atoms with Crippen molar-refractivity contribution < 1.29 is 79.1 Å². The Kier molecular flexibility index (Phi) is 9.26. The summed E-state index contributed by atoms with van der Waals surface area (Å²) in [5.41, 5.74) is 0.481. The Labute approximate surface area is 250 Å². The molecule has 3 aliphatic rings. The first-order valence-electron chi connectivity index (χ1n) is 13.5. The van der Waals surface area contributed by atoms with Gasteiger partial charge in [0.1, 0.15) is 53.7 Å². The highest BCUT2D eigenvalue weighted by atomic mass is 16.8. The Hall–Kier alpha value is -3.58. The first kappa shape index (κ1) is 31.8. The van der Waals surface area contributed by atoms with E-state index in [1.54, 1.807) is 0 Å². The molecular formula is C28H35O16+. The SMILES string of the molecule is COc1cc(C2[OH+]c3cc(O)cc(O)c3C=C2OC2OC(CO)C(O)C(O)C2OC2OCC(O)C(O)C2O)cc(OC)c1O. The molecule has 0 spiro atoms. The average molecular weight is 628 g/mol. The molecule has 2 fully saturated rings. The zero-order valence-electron chi connectivity index (χ0n) is 23.5. The largest absolute Gasteiger partial charge is 0.571 e. The van der Waals surface area contributed by atoms with Gasteiger partial charge in [-0.2, -0.15) is 0 Å². The summed E-state index contributed by atoms with van der Waals surface area (Å²) in [6.07, 6.45) is -14.2. The number of fused-ring (bicyclic) bond motifs is 1. The molecule has 2 aromatic rings. The molecule has 242 valence electrons. The number of benzene rings is 2. The third-order valence-electron chi connectivity index (χ3n) is 7.59. The van der Waals surface area contributed by atoms with Crippen molar-refractivity contribution in [2.24, 2.45) is 0 Å². The van der Waals surface area contributed by atoms with Gasteiger partial charge in [0.15, 0.2) is 29.7 Å². The first-order valence-corrected chi connectivity index (χ1v) is 13.5. The molecule has 0 radical (unpaired) electrons. The Morgan fingerprint density at radius 1 is 0.864 bits per heavy atom. The van der Waals surface area contributed by atoms with Gasteiger partial charge in [-0.3, -0.25) is 0 Å². The van der Waals surface area contributed by atoms with E-state index in [-0.39, 0.29) is 45.8 Å². The van der Waals surface area contributed by atoms with Gasteiger partial charge in [0.25, 0.3) is 11.9 Å². The molecule has 10 atom stereocenters. The molecular weight excluding hydrogens is 592 g/mol. The number of methoxy groups -OCH3 is 2. The molecule has 0 bridgehead atoms. The summed E-state index contributed by atoms with van der Waals surface area (Å²) in [5, 5.41) is 92.8. The van der Waals surface area contributed by atoms with E-state index in [1.165, 1.54) is 38.5 Å². The van der Waals surface area contributed by atoms with E-state index in [9.17, 15) is 46.0 Å². The minimum Gasteiger partial charge on any atom is -0.571 e. The molecule has 2 saturated heterocycles. The predicted molar refractivity (Wildman–Crippen MR) is 145 cm³/mol. The molecule has 5 rings (SSSR count). The fourth-order valence-corrected chi connectivity index (χ4v) is 5.18. The van der Waals surface area contributed by atoms with Gasteiger partial charge in [0.2, 0.25) is 12.0 Å². The van der Waals surface area contributed by atoms with Crippen molar-refractivity contribution in [2.75, 3.05) is 27.4 Å². The fraction of sp³-hybridized carbons (Fsp3) is 0.500. The molecule has 10 N–H and O–H groups in total. The van der Waals surface area contributed by atoms with Gasteiger partial charge in [-0.15, -0.1) is 0 Å². The van der Waals surface area contributed by atoms with Gasteiger partial charge in [-0.05, 0) is 12.1 Å². The quantitative estimate of drug-likeness (QED) is 0.150. The number of phenolic OH excluding ortho intramolecular Hbond substituents is 3. The molecule has 0 aliphatic carbocycles. The van der Waals surface area contributed by atoms with Crippen molar-refractivity contribution in [1.82, 2.24) is 0 Å². The van der Waals surface area contributed by atoms with Crippen LogP contribution in [0.25, 0.3) is 6.08 Å². The van der Waals surface area contributed by atoms with Crippen LogP contribution in [-0.2, 0) is 18.9 Å². The number of rotatable bonds is 8. The smallest absolute Gasteiger partial charge is 0.270 e. The van der Waals surface area contributed by atoms with E-state index in [2.05, 4.69) is 4.74 Å². The van der Waals surface area contributed by atoms with Crippen LogP contribution in [-0.4, -0.2) is 133 Å². The van der Waals surface area contributed by atoms with Crippen molar-refractivity contribution in [3.63, 3.8) is 0 Å². The monoisotopic (exact) mass is 627 g/mol. The maximum Gasteiger partial charge on any atom is 0.270 e. The lowest BCUT2D eigenvalue weighted by molar-refractivity contribution is -0.353. The van der Waals surface area contributed by atoms with Crippen molar-refractivity contribution in [1.29, 1.82) is 0 Å². The lowest BCUT2D eigenvalue weighted by Crippen LogP contribution is -2.63. The molecule has 10 unspecified atom stereocenters. The van der Waals surface area contributed by atoms with Gasteiger partial charge >= 0.3 is 0 Å². The third kappa shape index (κ3) is 5.91. The normalized spacial score (nSPS) is 33.5. The minimum absolute atomic E-state index is 0.0247. The standard InChI is InChI=1S/C28H34O16/c1-38-16-3-10(4-17(39-2)21(16)34)25-18(7-12-13(31)5-11(30)6-15(12)41-25)42-28-26(23(36)22(35)19(8-29)43-28)44-27-24(37)20(33)14(32)9-40-27/h3-7,14,19-20,22-37H,8-9H2,1-2H3/p+1. The van der Waals surface area contributed by atoms with Crippen molar-refractivity contribution in [3.8, 4) is 34.5 Å². The molecule has 16 nitrogen and oxygen atoms in total. The molecule has 16 heteroatoms. The van der Waals surface area contributed by atoms with Crippen molar-refractivity contribution in [2.45, 2.75) is 61.4 Å². The number of phenols is 3. The molecule has 0 saturated carbocycles. The van der Waals surface area contributed by atoms with Gasteiger partial charge in [-0.1, -0.05) is 0 Å². The molecule has 3 aliphatic heterocycles. The van der Waals surface area contributed by atoms with Crippen LogP contribution in [0, 0.1) is 0 Å². The Morgan fingerprint density at radius 2 is 1.55 bits per heavy atom. The van der Waals surface area contributed by atoms with Gasteiger partial charge in [0, 0.05) is 12.1 Å². The zero-order chi connectivity index (χ0) is 31.9. The third-order valence-corrected chi connectivity index (χ3v) is 7.59. The second kappa shape index (κ2) is 12.8. The van der Waals surface area contributed by atoms with E-state index in [1.807, 2.05) is 0 Å². The van der Waals surface area contributed by atoms with Crippen LogP contribution in [0.15, 0.2) is 30.0 Å². The van der Waals surface area contributed by atoms with Crippen LogP contribution < -0.4 is 9.47 Å². The maximum absolute atomic E-state index is 11.0. The molecule has 2 aromatic carbocycles. The van der Waals surface area contributed by atoms with E-state index in [0.29, 0.717) is 5.56 Å². The highest BCUT2D eigenvalue weighted by molar-refractivity contribution is 5.69. The number of hydrogen-bond acceptors (Lipinski definition) is 15. The van der Waals surface area contributed by atoms with E-state index >= 15 is 0 Å². The first-order chi connectivity index (χ1) is 21.0. The van der Waals surface area contributed by atoms with Crippen LogP contribution >= 0.6 is 0 Å². The second-order valence-corrected chi connectivity index (χ2v) is 10.4. The summed E-state index contributed by atoms with van der Waals surface area (Å²) < 4.78 is 38.1. The average Bonchev–Trinajstić information content (AvgIpc) is 3.00. The Morgan fingerprint density at radius 3 is 2.18 bits per heavy atom. The molecule has 0 aromatic heterocycles.